The van der Waals surface area contributed by atoms with Gasteiger partial charge < -0.3 is 10.1 Å². The Bertz CT molecular complexity index is 1250. The molecule has 0 aliphatic carbocycles. The number of benzene rings is 2. The number of hydrogen-bond donors (Lipinski definition) is 1. The lowest BCUT2D eigenvalue weighted by Crippen LogP contribution is -2.14. The minimum atomic E-state index is -4.45. The number of anilines is 1. The first-order chi connectivity index (χ1) is 15.8. The summed E-state index contributed by atoms with van der Waals surface area (Å²) in [5.41, 5.74) is 2.10. The van der Waals surface area contributed by atoms with Crippen LogP contribution in [0.15, 0.2) is 73.2 Å². The SMILES string of the molecule is Cc1ccc(Cn2cc(NC(=O)c3ccn(COc4cccc(C(F)(F)F)c4)n3)cn2)cc1. The van der Waals surface area contributed by atoms with Gasteiger partial charge in [0.1, 0.15) is 5.75 Å². The number of aromatic nitrogens is 4. The second-order valence-electron chi connectivity index (χ2n) is 7.41. The molecule has 0 unspecified atom stereocenters. The first-order valence-electron chi connectivity index (χ1n) is 9.99. The zero-order valence-corrected chi connectivity index (χ0v) is 17.6. The van der Waals surface area contributed by atoms with E-state index in [0.717, 1.165) is 17.7 Å². The molecule has 0 radical (unpaired) electrons. The monoisotopic (exact) mass is 455 g/mol. The normalized spacial score (nSPS) is 11.4. The van der Waals surface area contributed by atoms with Crippen LogP contribution in [-0.2, 0) is 19.5 Å². The van der Waals surface area contributed by atoms with Crippen LogP contribution in [0.3, 0.4) is 0 Å². The molecule has 7 nitrogen and oxygen atoms in total. The Morgan fingerprint density at radius 1 is 1.09 bits per heavy atom. The van der Waals surface area contributed by atoms with Gasteiger partial charge in [0.15, 0.2) is 12.4 Å². The maximum absolute atomic E-state index is 12.8. The molecule has 0 bridgehead atoms. The van der Waals surface area contributed by atoms with Gasteiger partial charge >= 0.3 is 6.18 Å². The Labute approximate surface area is 187 Å². The van der Waals surface area contributed by atoms with Gasteiger partial charge in [-0.1, -0.05) is 35.9 Å². The van der Waals surface area contributed by atoms with Crippen molar-refractivity contribution < 1.29 is 22.7 Å². The van der Waals surface area contributed by atoms with Gasteiger partial charge in [-0.05, 0) is 36.8 Å². The molecule has 0 saturated carbocycles. The number of halogens is 3. The molecule has 0 atom stereocenters. The summed E-state index contributed by atoms with van der Waals surface area (Å²) in [6.07, 6.45) is 0.305. The molecule has 0 aliphatic heterocycles. The van der Waals surface area contributed by atoms with Gasteiger partial charge in [-0.25, -0.2) is 4.68 Å². The van der Waals surface area contributed by atoms with Crippen LogP contribution in [0.4, 0.5) is 18.9 Å². The molecule has 170 valence electrons. The van der Waals surface area contributed by atoms with Crippen LogP contribution in [0.5, 0.6) is 5.75 Å². The zero-order chi connectivity index (χ0) is 23.4. The maximum Gasteiger partial charge on any atom is 0.416 e. The Kier molecular flexibility index (Phi) is 6.16. The van der Waals surface area contributed by atoms with Gasteiger partial charge in [-0.15, -0.1) is 0 Å². The van der Waals surface area contributed by atoms with E-state index in [0.29, 0.717) is 12.2 Å². The minimum absolute atomic E-state index is 0.0484. The predicted molar refractivity (Wildman–Crippen MR) is 115 cm³/mol. The van der Waals surface area contributed by atoms with E-state index in [9.17, 15) is 18.0 Å². The Morgan fingerprint density at radius 2 is 1.88 bits per heavy atom. The Hall–Kier alpha value is -4.08. The summed E-state index contributed by atoms with van der Waals surface area (Å²) in [6.45, 7) is 2.44. The lowest BCUT2D eigenvalue weighted by atomic mass is 10.1. The molecule has 4 rings (SSSR count). The molecule has 1 amide bonds. The molecule has 0 fully saturated rings. The predicted octanol–water partition coefficient (Wildman–Crippen LogP) is 4.74. The Balaban J connectivity index is 1.33. The quantitative estimate of drug-likeness (QED) is 0.437. The minimum Gasteiger partial charge on any atom is -0.471 e. The van der Waals surface area contributed by atoms with Crippen LogP contribution in [0.1, 0.15) is 27.2 Å². The van der Waals surface area contributed by atoms with Crippen molar-refractivity contribution in [3.8, 4) is 5.75 Å². The number of carbonyl (C=O) groups excluding carboxylic acids is 1. The van der Waals surface area contributed by atoms with Crippen LogP contribution >= 0.6 is 0 Å². The van der Waals surface area contributed by atoms with Gasteiger partial charge in [-0.3, -0.25) is 9.48 Å². The van der Waals surface area contributed by atoms with Crippen molar-refractivity contribution in [3.63, 3.8) is 0 Å². The standard InChI is InChI=1S/C23H20F3N5O2/c1-16-5-7-17(8-6-16)13-31-14-19(12-27-31)28-22(32)21-9-10-30(29-21)15-33-20-4-2-3-18(11-20)23(24,25)26/h2-12,14H,13,15H2,1H3,(H,28,32). The average Bonchev–Trinajstić information content (AvgIpc) is 3.43. The van der Waals surface area contributed by atoms with Crippen molar-refractivity contribution in [3.05, 3.63) is 95.6 Å². The number of alkyl halides is 3. The highest BCUT2D eigenvalue weighted by Gasteiger charge is 2.30. The Morgan fingerprint density at radius 3 is 2.64 bits per heavy atom. The number of amides is 1. The lowest BCUT2D eigenvalue weighted by Gasteiger charge is -2.10. The van der Waals surface area contributed by atoms with E-state index < -0.39 is 17.6 Å². The van der Waals surface area contributed by atoms with Gasteiger partial charge in [0.25, 0.3) is 5.91 Å². The van der Waals surface area contributed by atoms with E-state index in [1.165, 1.54) is 34.6 Å². The third-order valence-electron chi connectivity index (χ3n) is 4.75. The van der Waals surface area contributed by atoms with Crippen LogP contribution in [0.2, 0.25) is 0 Å². The summed E-state index contributed by atoms with van der Waals surface area (Å²) in [4.78, 5) is 12.5. The number of carbonyl (C=O) groups is 1. The number of hydrogen-bond acceptors (Lipinski definition) is 4. The average molecular weight is 455 g/mol. The number of nitrogens with zero attached hydrogens (tertiary/aromatic N) is 4. The topological polar surface area (TPSA) is 74.0 Å². The van der Waals surface area contributed by atoms with E-state index in [1.54, 1.807) is 17.1 Å². The number of rotatable bonds is 7. The zero-order valence-electron chi connectivity index (χ0n) is 17.6. The number of nitrogens with one attached hydrogen (secondary N) is 1. The highest BCUT2D eigenvalue weighted by Crippen LogP contribution is 2.31. The molecule has 0 saturated heterocycles. The van der Waals surface area contributed by atoms with Crippen LogP contribution < -0.4 is 10.1 Å². The molecular weight excluding hydrogens is 435 g/mol. The largest absolute Gasteiger partial charge is 0.471 e. The van der Waals surface area contributed by atoms with Gasteiger partial charge in [0.2, 0.25) is 0 Å². The fourth-order valence-electron chi connectivity index (χ4n) is 3.05. The summed E-state index contributed by atoms with van der Waals surface area (Å²) in [6, 6.07) is 14.1. The molecule has 2 aromatic heterocycles. The van der Waals surface area contributed by atoms with E-state index in [4.69, 9.17) is 4.74 Å². The van der Waals surface area contributed by atoms with E-state index in [2.05, 4.69) is 15.5 Å². The molecular formula is C23H20F3N5O2. The van der Waals surface area contributed by atoms with Crippen LogP contribution in [0.25, 0.3) is 0 Å². The van der Waals surface area contributed by atoms with Gasteiger partial charge in [0, 0.05) is 12.4 Å². The summed E-state index contributed by atoms with van der Waals surface area (Å²) in [7, 11) is 0. The van der Waals surface area contributed by atoms with Crippen LogP contribution in [-0.4, -0.2) is 25.5 Å². The van der Waals surface area contributed by atoms with Crippen molar-refractivity contribution in [2.24, 2.45) is 0 Å². The number of ether oxygens (including phenoxy) is 1. The maximum atomic E-state index is 12.8. The second-order valence-corrected chi connectivity index (χ2v) is 7.41. The summed E-state index contributed by atoms with van der Waals surface area (Å²) in [5, 5.41) is 11.1. The third-order valence-corrected chi connectivity index (χ3v) is 4.75. The molecule has 33 heavy (non-hydrogen) atoms. The molecule has 1 N–H and O–H groups in total. The smallest absolute Gasteiger partial charge is 0.416 e. The van der Waals surface area contributed by atoms with Crippen molar-refractivity contribution in [1.29, 1.82) is 0 Å². The molecule has 2 aromatic carbocycles. The second kappa shape index (κ2) is 9.19. The van der Waals surface area contributed by atoms with E-state index in [1.807, 2.05) is 31.2 Å². The first kappa shape index (κ1) is 22.1. The van der Waals surface area contributed by atoms with Crippen LogP contribution in [0, 0.1) is 6.92 Å². The summed E-state index contributed by atoms with van der Waals surface area (Å²) < 4.78 is 46.8. The molecule has 0 spiro atoms. The van der Waals surface area contributed by atoms with Crippen molar-refractivity contribution in [2.75, 3.05) is 5.32 Å². The van der Waals surface area contributed by atoms with E-state index >= 15 is 0 Å². The van der Waals surface area contributed by atoms with E-state index in [-0.39, 0.29) is 18.2 Å². The first-order valence-corrected chi connectivity index (χ1v) is 9.99. The van der Waals surface area contributed by atoms with Crippen molar-refractivity contribution in [1.82, 2.24) is 19.6 Å². The van der Waals surface area contributed by atoms with Gasteiger partial charge in [-0.2, -0.15) is 23.4 Å². The number of aryl methyl sites for hydroxylation is 1. The van der Waals surface area contributed by atoms with Crippen molar-refractivity contribution >= 4 is 11.6 Å². The molecule has 10 heteroatoms. The van der Waals surface area contributed by atoms with Crippen molar-refractivity contribution in [2.45, 2.75) is 26.4 Å². The highest BCUT2D eigenvalue weighted by molar-refractivity contribution is 6.02. The molecule has 0 aliphatic rings. The summed E-state index contributed by atoms with van der Waals surface area (Å²) in [5.74, 6) is -0.393. The summed E-state index contributed by atoms with van der Waals surface area (Å²) >= 11 is 0. The third kappa shape index (κ3) is 5.79. The fraction of sp³-hybridized carbons (Fsp3) is 0.174. The molecule has 2 heterocycles. The lowest BCUT2D eigenvalue weighted by molar-refractivity contribution is -0.137. The molecule has 4 aromatic rings. The highest BCUT2D eigenvalue weighted by atomic mass is 19.4. The van der Waals surface area contributed by atoms with Gasteiger partial charge in [0.05, 0.1) is 24.0 Å². The fourth-order valence-corrected chi connectivity index (χ4v) is 3.05.